The van der Waals surface area contributed by atoms with E-state index in [2.05, 4.69) is 11.9 Å². The third-order valence-corrected chi connectivity index (χ3v) is 1.42. The SMILES string of the molecule is C=CCCC(C)(C)NC(=O)O. The van der Waals surface area contributed by atoms with Crippen LogP contribution in [0, 0.1) is 0 Å². The number of hydrogen-bond acceptors (Lipinski definition) is 1. The molecule has 0 bridgehead atoms. The van der Waals surface area contributed by atoms with Gasteiger partial charge in [-0.1, -0.05) is 6.08 Å². The van der Waals surface area contributed by atoms with Crippen LogP contribution in [-0.2, 0) is 0 Å². The van der Waals surface area contributed by atoms with E-state index in [0.29, 0.717) is 0 Å². The van der Waals surface area contributed by atoms with E-state index in [9.17, 15) is 4.79 Å². The van der Waals surface area contributed by atoms with Crippen LogP contribution >= 0.6 is 0 Å². The highest BCUT2D eigenvalue weighted by Gasteiger charge is 2.18. The second kappa shape index (κ2) is 4.01. The van der Waals surface area contributed by atoms with Crippen molar-refractivity contribution in [3.63, 3.8) is 0 Å². The molecule has 0 spiro atoms. The van der Waals surface area contributed by atoms with Gasteiger partial charge >= 0.3 is 6.09 Å². The number of nitrogens with one attached hydrogen (secondary N) is 1. The Hall–Kier alpha value is -0.990. The minimum absolute atomic E-state index is 0.347. The van der Waals surface area contributed by atoms with Crippen molar-refractivity contribution in [2.75, 3.05) is 0 Å². The van der Waals surface area contributed by atoms with Gasteiger partial charge in [-0.2, -0.15) is 0 Å². The third-order valence-electron chi connectivity index (χ3n) is 1.42. The number of allylic oxidation sites excluding steroid dienone is 1. The predicted molar refractivity (Wildman–Crippen MR) is 44.7 cm³/mol. The summed E-state index contributed by atoms with van der Waals surface area (Å²) in [6.45, 7) is 7.27. The lowest BCUT2D eigenvalue weighted by atomic mass is 9.99. The fourth-order valence-electron chi connectivity index (χ4n) is 0.815. The van der Waals surface area contributed by atoms with Gasteiger partial charge in [-0.3, -0.25) is 0 Å². The predicted octanol–water partition coefficient (Wildman–Crippen LogP) is 2.00. The van der Waals surface area contributed by atoms with E-state index < -0.39 is 6.09 Å². The molecular weight excluding hydrogens is 142 g/mol. The fraction of sp³-hybridized carbons (Fsp3) is 0.625. The number of carboxylic acid groups (broad SMARTS) is 1. The smallest absolute Gasteiger partial charge is 0.405 e. The van der Waals surface area contributed by atoms with Gasteiger partial charge in [0.15, 0.2) is 0 Å². The summed E-state index contributed by atoms with van der Waals surface area (Å²) >= 11 is 0. The number of carbonyl (C=O) groups is 1. The maximum Gasteiger partial charge on any atom is 0.405 e. The molecule has 0 fully saturated rings. The van der Waals surface area contributed by atoms with Gasteiger partial charge in [-0.05, 0) is 26.7 Å². The molecule has 2 N–H and O–H groups in total. The van der Waals surface area contributed by atoms with E-state index in [-0.39, 0.29) is 5.54 Å². The molecule has 3 nitrogen and oxygen atoms in total. The van der Waals surface area contributed by atoms with Crippen molar-refractivity contribution in [3.05, 3.63) is 12.7 Å². The fourth-order valence-corrected chi connectivity index (χ4v) is 0.815. The topological polar surface area (TPSA) is 49.3 Å². The van der Waals surface area contributed by atoms with E-state index in [1.165, 1.54) is 0 Å². The highest BCUT2D eigenvalue weighted by molar-refractivity contribution is 5.65. The first-order valence-corrected chi connectivity index (χ1v) is 3.60. The van der Waals surface area contributed by atoms with Gasteiger partial charge in [0.25, 0.3) is 0 Å². The van der Waals surface area contributed by atoms with Crippen LogP contribution in [0.15, 0.2) is 12.7 Å². The molecule has 0 saturated carbocycles. The summed E-state index contributed by atoms with van der Waals surface area (Å²) in [5.74, 6) is 0. The number of amides is 1. The summed E-state index contributed by atoms with van der Waals surface area (Å²) in [6.07, 6.45) is 2.42. The first kappa shape index (κ1) is 10.0. The summed E-state index contributed by atoms with van der Waals surface area (Å²) in [6, 6.07) is 0. The summed E-state index contributed by atoms with van der Waals surface area (Å²) in [4.78, 5) is 10.2. The zero-order chi connectivity index (χ0) is 8.91. The molecule has 0 radical (unpaired) electrons. The highest BCUT2D eigenvalue weighted by Crippen LogP contribution is 2.10. The quantitative estimate of drug-likeness (QED) is 0.613. The molecule has 0 aliphatic heterocycles. The van der Waals surface area contributed by atoms with Crippen LogP contribution in [0.1, 0.15) is 26.7 Å². The normalized spacial score (nSPS) is 10.7. The maximum atomic E-state index is 10.2. The van der Waals surface area contributed by atoms with Crippen molar-refractivity contribution in [1.29, 1.82) is 0 Å². The van der Waals surface area contributed by atoms with Crippen LogP contribution in [-0.4, -0.2) is 16.7 Å². The van der Waals surface area contributed by atoms with Gasteiger partial charge in [0, 0.05) is 5.54 Å². The summed E-state index contributed by atoms with van der Waals surface area (Å²) in [5, 5.41) is 10.8. The zero-order valence-electron chi connectivity index (χ0n) is 7.05. The Bertz CT molecular complexity index is 152. The monoisotopic (exact) mass is 157 g/mol. The molecule has 0 rings (SSSR count). The van der Waals surface area contributed by atoms with Crippen molar-refractivity contribution < 1.29 is 9.90 Å². The minimum Gasteiger partial charge on any atom is -0.465 e. The van der Waals surface area contributed by atoms with Gasteiger partial charge in [0.2, 0.25) is 0 Å². The average molecular weight is 157 g/mol. The average Bonchev–Trinajstić information content (AvgIpc) is 1.81. The van der Waals surface area contributed by atoms with Crippen LogP contribution in [0.3, 0.4) is 0 Å². The van der Waals surface area contributed by atoms with Crippen molar-refractivity contribution in [1.82, 2.24) is 5.32 Å². The Balaban J connectivity index is 3.78. The van der Waals surface area contributed by atoms with Crippen molar-refractivity contribution in [3.8, 4) is 0 Å². The molecule has 64 valence electrons. The lowest BCUT2D eigenvalue weighted by Crippen LogP contribution is -2.42. The van der Waals surface area contributed by atoms with Crippen molar-refractivity contribution in [2.45, 2.75) is 32.2 Å². The maximum absolute atomic E-state index is 10.2. The van der Waals surface area contributed by atoms with E-state index in [1.807, 2.05) is 13.8 Å². The third kappa shape index (κ3) is 5.45. The van der Waals surface area contributed by atoms with Crippen molar-refractivity contribution in [2.24, 2.45) is 0 Å². The zero-order valence-corrected chi connectivity index (χ0v) is 7.05. The molecule has 0 heterocycles. The Morgan fingerprint density at radius 3 is 2.64 bits per heavy atom. The van der Waals surface area contributed by atoms with E-state index in [0.717, 1.165) is 12.8 Å². The van der Waals surface area contributed by atoms with Crippen LogP contribution < -0.4 is 5.32 Å². The highest BCUT2D eigenvalue weighted by atomic mass is 16.4. The second-order valence-corrected chi connectivity index (χ2v) is 3.14. The minimum atomic E-state index is -0.973. The molecule has 0 aromatic carbocycles. The Morgan fingerprint density at radius 1 is 1.73 bits per heavy atom. The first-order chi connectivity index (χ1) is 4.98. The van der Waals surface area contributed by atoms with Gasteiger partial charge in [0.05, 0.1) is 0 Å². The molecule has 11 heavy (non-hydrogen) atoms. The van der Waals surface area contributed by atoms with Crippen LogP contribution in [0.2, 0.25) is 0 Å². The molecule has 1 amide bonds. The molecule has 0 aliphatic rings. The molecule has 0 atom stereocenters. The Kier molecular flexibility index (Phi) is 3.65. The number of hydrogen-bond donors (Lipinski definition) is 2. The Labute approximate surface area is 67.1 Å². The second-order valence-electron chi connectivity index (χ2n) is 3.14. The summed E-state index contributed by atoms with van der Waals surface area (Å²) < 4.78 is 0. The van der Waals surface area contributed by atoms with E-state index >= 15 is 0 Å². The van der Waals surface area contributed by atoms with Gasteiger partial charge < -0.3 is 10.4 Å². The largest absolute Gasteiger partial charge is 0.465 e. The van der Waals surface area contributed by atoms with E-state index in [1.54, 1.807) is 6.08 Å². The van der Waals surface area contributed by atoms with Gasteiger partial charge in [-0.25, -0.2) is 4.79 Å². The molecule has 0 unspecified atom stereocenters. The van der Waals surface area contributed by atoms with E-state index in [4.69, 9.17) is 5.11 Å². The molecule has 0 aromatic heterocycles. The summed E-state index contributed by atoms with van der Waals surface area (Å²) in [5.41, 5.74) is -0.347. The molecule has 3 heteroatoms. The number of rotatable bonds is 4. The van der Waals surface area contributed by atoms with Gasteiger partial charge in [0.1, 0.15) is 0 Å². The van der Waals surface area contributed by atoms with Crippen LogP contribution in [0.4, 0.5) is 4.79 Å². The lowest BCUT2D eigenvalue weighted by Gasteiger charge is -2.23. The molecule has 0 saturated heterocycles. The van der Waals surface area contributed by atoms with Crippen LogP contribution in [0.25, 0.3) is 0 Å². The standard InChI is InChI=1S/C8H15NO2/c1-4-5-6-8(2,3)9-7(10)11/h4,9H,1,5-6H2,2-3H3,(H,10,11). The Morgan fingerprint density at radius 2 is 2.27 bits per heavy atom. The van der Waals surface area contributed by atoms with Gasteiger partial charge in [-0.15, -0.1) is 6.58 Å². The molecule has 0 aromatic rings. The first-order valence-electron chi connectivity index (χ1n) is 3.60. The molecular formula is C8H15NO2. The summed E-state index contributed by atoms with van der Waals surface area (Å²) in [7, 11) is 0. The lowest BCUT2D eigenvalue weighted by molar-refractivity contribution is 0.181. The van der Waals surface area contributed by atoms with Crippen LogP contribution in [0.5, 0.6) is 0 Å². The van der Waals surface area contributed by atoms with Crippen molar-refractivity contribution >= 4 is 6.09 Å². The molecule has 0 aliphatic carbocycles.